The molecule has 2 unspecified atom stereocenters. The lowest BCUT2D eigenvalue weighted by Crippen LogP contribution is -2.48. The van der Waals surface area contributed by atoms with Crippen LogP contribution in [0.4, 0.5) is 0 Å². The van der Waals surface area contributed by atoms with Gasteiger partial charge in [0.2, 0.25) is 5.91 Å². The molecule has 0 spiro atoms. The van der Waals surface area contributed by atoms with Gasteiger partial charge in [0.25, 0.3) is 0 Å². The van der Waals surface area contributed by atoms with Gasteiger partial charge in [-0.25, -0.2) is 0 Å². The lowest BCUT2D eigenvalue weighted by Gasteiger charge is -2.36. The van der Waals surface area contributed by atoms with Gasteiger partial charge in [-0.2, -0.15) is 0 Å². The molecule has 1 aromatic rings. The third-order valence-electron chi connectivity index (χ3n) is 4.15. The third kappa shape index (κ3) is 3.18. The number of carboxylic acid groups (broad SMARTS) is 1. The molecule has 0 radical (unpaired) electrons. The molecule has 1 aromatic carbocycles. The molecule has 1 amide bonds. The Morgan fingerprint density at radius 2 is 2.00 bits per heavy atom. The second-order valence-corrected chi connectivity index (χ2v) is 5.61. The fourth-order valence-corrected chi connectivity index (χ4v) is 2.73. The molecule has 0 bridgehead atoms. The van der Waals surface area contributed by atoms with Crippen molar-refractivity contribution < 1.29 is 14.7 Å². The van der Waals surface area contributed by atoms with Crippen LogP contribution in [0.15, 0.2) is 24.3 Å². The summed E-state index contributed by atoms with van der Waals surface area (Å²) in [4.78, 5) is 25.3. The van der Waals surface area contributed by atoms with E-state index in [0.29, 0.717) is 19.4 Å². The van der Waals surface area contributed by atoms with Crippen LogP contribution >= 0.6 is 0 Å². The molecular formula is C16H21NO3. The standard InChI is InChI=1S/C16H21NO3/c1-11-5-3-4-6-13(11)9-15(18)17-10-14(16(19)20)8-7-12(17)2/h3-6,12,14H,7-10H2,1-2H3,(H,19,20). The molecule has 4 heteroatoms. The van der Waals surface area contributed by atoms with Crippen LogP contribution in [0.25, 0.3) is 0 Å². The number of rotatable bonds is 3. The van der Waals surface area contributed by atoms with Crippen LogP contribution in [-0.4, -0.2) is 34.5 Å². The molecule has 0 aliphatic carbocycles. The number of hydrogen-bond donors (Lipinski definition) is 1. The number of carbonyl (C=O) groups is 2. The minimum atomic E-state index is -0.800. The fraction of sp³-hybridized carbons (Fsp3) is 0.500. The van der Waals surface area contributed by atoms with E-state index in [4.69, 9.17) is 5.11 Å². The molecule has 1 fully saturated rings. The quantitative estimate of drug-likeness (QED) is 0.920. The zero-order chi connectivity index (χ0) is 14.7. The van der Waals surface area contributed by atoms with E-state index >= 15 is 0 Å². The van der Waals surface area contributed by atoms with Gasteiger partial charge < -0.3 is 10.0 Å². The molecule has 1 N–H and O–H groups in total. The van der Waals surface area contributed by atoms with E-state index in [1.807, 2.05) is 38.1 Å². The van der Waals surface area contributed by atoms with Crippen molar-refractivity contribution in [2.24, 2.45) is 5.92 Å². The van der Waals surface area contributed by atoms with Crippen molar-refractivity contribution in [1.29, 1.82) is 0 Å². The summed E-state index contributed by atoms with van der Waals surface area (Å²) in [6, 6.07) is 7.95. The molecule has 1 saturated heterocycles. The topological polar surface area (TPSA) is 57.6 Å². The van der Waals surface area contributed by atoms with Crippen LogP contribution in [0.5, 0.6) is 0 Å². The molecule has 2 atom stereocenters. The Labute approximate surface area is 119 Å². The first-order valence-corrected chi connectivity index (χ1v) is 7.06. The van der Waals surface area contributed by atoms with Gasteiger partial charge in [0.1, 0.15) is 0 Å². The van der Waals surface area contributed by atoms with Crippen LogP contribution in [-0.2, 0) is 16.0 Å². The first-order chi connectivity index (χ1) is 9.49. The predicted molar refractivity (Wildman–Crippen MR) is 76.4 cm³/mol. The van der Waals surface area contributed by atoms with Crippen molar-refractivity contribution in [3.05, 3.63) is 35.4 Å². The third-order valence-corrected chi connectivity index (χ3v) is 4.15. The van der Waals surface area contributed by atoms with Gasteiger partial charge in [0.15, 0.2) is 0 Å². The number of likely N-dealkylation sites (tertiary alicyclic amines) is 1. The van der Waals surface area contributed by atoms with Crippen LogP contribution in [0.3, 0.4) is 0 Å². The molecule has 0 saturated carbocycles. The maximum Gasteiger partial charge on any atom is 0.308 e. The molecule has 108 valence electrons. The summed E-state index contributed by atoms with van der Waals surface area (Å²) in [5, 5.41) is 9.12. The lowest BCUT2D eigenvalue weighted by atomic mass is 9.92. The Balaban J connectivity index is 2.07. The van der Waals surface area contributed by atoms with E-state index in [1.54, 1.807) is 4.90 Å². The predicted octanol–water partition coefficient (Wildman–Crippen LogP) is 2.25. The van der Waals surface area contributed by atoms with Crippen LogP contribution in [0.1, 0.15) is 30.9 Å². The van der Waals surface area contributed by atoms with Gasteiger partial charge in [-0.15, -0.1) is 0 Å². The average Bonchev–Trinajstić information content (AvgIpc) is 2.41. The summed E-state index contributed by atoms with van der Waals surface area (Å²) in [7, 11) is 0. The summed E-state index contributed by atoms with van der Waals surface area (Å²) in [5.74, 6) is -1.20. The average molecular weight is 275 g/mol. The Kier molecular flexibility index (Phi) is 4.42. The Bertz CT molecular complexity index is 512. The van der Waals surface area contributed by atoms with Crippen molar-refractivity contribution in [2.45, 2.75) is 39.2 Å². The summed E-state index contributed by atoms with van der Waals surface area (Å²) < 4.78 is 0. The van der Waals surface area contributed by atoms with E-state index < -0.39 is 11.9 Å². The largest absolute Gasteiger partial charge is 0.481 e. The van der Waals surface area contributed by atoms with Gasteiger partial charge in [-0.1, -0.05) is 24.3 Å². The van der Waals surface area contributed by atoms with Crippen LogP contribution in [0.2, 0.25) is 0 Å². The molecule has 4 nitrogen and oxygen atoms in total. The van der Waals surface area contributed by atoms with E-state index in [0.717, 1.165) is 17.5 Å². The van der Waals surface area contributed by atoms with Crippen molar-refractivity contribution >= 4 is 11.9 Å². The van der Waals surface area contributed by atoms with Crippen molar-refractivity contribution in [1.82, 2.24) is 4.90 Å². The number of benzene rings is 1. The van der Waals surface area contributed by atoms with Gasteiger partial charge in [-0.3, -0.25) is 9.59 Å². The second kappa shape index (κ2) is 6.07. The SMILES string of the molecule is Cc1ccccc1CC(=O)N1CC(C(=O)O)CCC1C. The molecule has 2 rings (SSSR count). The minimum Gasteiger partial charge on any atom is -0.481 e. The van der Waals surface area contributed by atoms with Crippen LogP contribution < -0.4 is 0 Å². The van der Waals surface area contributed by atoms with E-state index in [1.165, 1.54) is 0 Å². The number of aryl methyl sites for hydroxylation is 1. The van der Waals surface area contributed by atoms with Crippen molar-refractivity contribution in [3.8, 4) is 0 Å². The number of carbonyl (C=O) groups excluding carboxylic acids is 1. The van der Waals surface area contributed by atoms with Crippen LogP contribution in [0, 0.1) is 12.8 Å². The van der Waals surface area contributed by atoms with Crippen molar-refractivity contribution in [3.63, 3.8) is 0 Å². The first-order valence-electron chi connectivity index (χ1n) is 7.06. The number of carboxylic acids is 1. The summed E-state index contributed by atoms with van der Waals surface area (Å²) in [6.45, 7) is 4.32. The van der Waals surface area contributed by atoms with Gasteiger partial charge >= 0.3 is 5.97 Å². The summed E-state index contributed by atoms with van der Waals surface area (Å²) in [5.41, 5.74) is 2.11. The van der Waals surface area contributed by atoms with Gasteiger partial charge in [-0.05, 0) is 37.8 Å². The Morgan fingerprint density at radius 1 is 1.30 bits per heavy atom. The first kappa shape index (κ1) is 14.6. The smallest absolute Gasteiger partial charge is 0.308 e. The number of hydrogen-bond acceptors (Lipinski definition) is 2. The van der Waals surface area contributed by atoms with Crippen molar-refractivity contribution in [2.75, 3.05) is 6.54 Å². The zero-order valence-electron chi connectivity index (χ0n) is 12.0. The number of amides is 1. The highest BCUT2D eigenvalue weighted by Crippen LogP contribution is 2.23. The van der Waals surface area contributed by atoms with Gasteiger partial charge in [0, 0.05) is 12.6 Å². The number of nitrogens with zero attached hydrogens (tertiary/aromatic N) is 1. The van der Waals surface area contributed by atoms with Gasteiger partial charge in [0.05, 0.1) is 12.3 Å². The normalized spacial score (nSPS) is 22.6. The fourth-order valence-electron chi connectivity index (χ4n) is 2.73. The highest BCUT2D eigenvalue weighted by molar-refractivity contribution is 5.80. The molecule has 0 aromatic heterocycles. The zero-order valence-corrected chi connectivity index (χ0v) is 12.0. The highest BCUT2D eigenvalue weighted by Gasteiger charge is 2.32. The lowest BCUT2D eigenvalue weighted by molar-refractivity contribution is -0.147. The van der Waals surface area contributed by atoms with E-state index in [9.17, 15) is 9.59 Å². The Hall–Kier alpha value is -1.84. The maximum atomic E-state index is 12.4. The van der Waals surface area contributed by atoms with E-state index in [2.05, 4.69) is 0 Å². The number of aliphatic carboxylic acids is 1. The molecule has 20 heavy (non-hydrogen) atoms. The Morgan fingerprint density at radius 3 is 2.65 bits per heavy atom. The maximum absolute atomic E-state index is 12.4. The molecule has 1 aliphatic rings. The monoisotopic (exact) mass is 275 g/mol. The summed E-state index contributed by atoms with van der Waals surface area (Å²) in [6.07, 6.45) is 1.77. The summed E-state index contributed by atoms with van der Waals surface area (Å²) >= 11 is 0. The minimum absolute atomic E-state index is 0.0257. The highest BCUT2D eigenvalue weighted by atomic mass is 16.4. The molecule has 1 heterocycles. The molecule has 1 aliphatic heterocycles. The molecular weight excluding hydrogens is 254 g/mol. The number of piperidine rings is 1. The van der Waals surface area contributed by atoms with E-state index in [-0.39, 0.29) is 11.9 Å². The second-order valence-electron chi connectivity index (χ2n) is 5.61.